The summed E-state index contributed by atoms with van der Waals surface area (Å²) in [4.78, 5) is 0. The maximum atomic E-state index is 6.52. The number of amidine groups is 1. The van der Waals surface area contributed by atoms with Crippen LogP contribution in [0.1, 0.15) is 13.3 Å². The van der Waals surface area contributed by atoms with Crippen molar-refractivity contribution in [2.24, 2.45) is 11.5 Å². The van der Waals surface area contributed by atoms with E-state index in [0.717, 1.165) is 0 Å². The van der Waals surface area contributed by atoms with Crippen molar-refractivity contribution in [3.05, 3.63) is 0 Å². The van der Waals surface area contributed by atoms with Gasteiger partial charge in [-0.2, -0.15) is 0 Å². The van der Waals surface area contributed by atoms with E-state index < -0.39 is 0 Å². The van der Waals surface area contributed by atoms with Crippen molar-refractivity contribution < 1.29 is 0 Å². The monoisotopic (exact) mass is 103 g/mol. The molecule has 0 aromatic heterocycles. The van der Waals surface area contributed by atoms with E-state index in [1.807, 2.05) is 6.92 Å². The third-order valence-electron chi connectivity index (χ3n) is 0.381. The lowest BCUT2D eigenvalue weighted by molar-refractivity contribution is 1.21. The zero-order valence-electron chi connectivity index (χ0n) is 4.86. The normalized spacial score (nSPS) is 6.14. The van der Waals surface area contributed by atoms with Gasteiger partial charge in [0.15, 0.2) is 0 Å². The van der Waals surface area contributed by atoms with Crippen LogP contribution in [-0.4, -0.2) is 12.9 Å². The van der Waals surface area contributed by atoms with Crippen LogP contribution in [-0.2, 0) is 0 Å². The number of nitrogens with one attached hydrogen (secondary N) is 1. The summed E-state index contributed by atoms with van der Waals surface area (Å²) in [7, 11) is 1.50. The van der Waals surface area contributed by atoms with Crippen molar-refractivity contribution in [1.29, 1.82) is 5.41 Å². The number of hydrogen-bond acceptors (Lipinski definition) is 2. The van der Waals surface area contributed by atoms with Gasteiger partial charge in [-0.15, -0.1) is 0 Å². The predicted octanol–water partition coefficient (Wildman–Crippen LogP) is -0.0927. The largest absolute Gasteiger partial charge is 0.388 e. The molecule has 44 valence electrons. The fourth-order valence-corrected chi connectivity index (χ4v) is 0. The first-order valence-corrected chi connectivity index (χ1v) is 2.18. The molecule has 0 bridgehead atoms. The summed E-state index contributed by atoms with van der Waals surface area (Å²) < 4.78 is 0. The highest BCUT2D eigenvalue weighted by Crippen LogP contribution is 1.64. The maximum absolute atomic E-state index is 6.52. The molecular formula is C4H13N3. The quantitative estimate of drug-likeness (QED) is 0.320. The van der Waals surface area contributed by atoms with Crippen LogP contribution in [0.25, 0.3) is 0 Å². The summed E-state index contributed by atoms with van der Waals surface area (Å²) in [6.45, 7) is 1.85. The van der Waals surface area contributed by atoms with E-state index in [4.69, 9.17) is 11.1 Å². The van der Waals surface area contributed by atoms with E-state index in [-0.39, 0.29) is 5.84 Å². The van der Waals surface area contributed by atoms with Crippen molar-refractivity contribution in [3.8, 4) is 0 Å². The van der Waals surface area contributed by atoms with E-state index in [1.54, 1.807) is 0 Å². The number of hydrogen-bond donors (Lipinski definition) is 3. The van der Waals surface area contributed by atoms with Gasteiger partial charge in [-0.3, -0.25) is 5.41 Å². The molecule has 0 amide bonds. The standard InChI is InChI=1S/C3H8N2.CH5N/c1-2-3(4)5;1-2/h2H2,1H3,(H3,4,5);2H2,1H3. The molecule has 0 atom stereocenters. The molecule has 0 spiro atoms. The Morgan fingerprint density at radius 3 is 1.71 bits per heavy atom. The van der Waals surface area contributed by atoms with Crippen LogP contribution in [0.2, 0.25) is 0 Å². The Kier molecular flexibility index (Phi) is 12.5. The molecule has 0 rings (SSSR count). The van der Waals surface area contributed by atoms with Gasteiger partial charge < -0.3 is 11.5 Å². The molecule has 0 saturated carbocycles. The first-order chi connectivity index (χ1) is 3.27. The molecule has 3 heteroatoms. The molecule has 0 unspecified atom stereocenters. The smallest absolute Gasteiger partial charge is 0.0902 e. The Hall–Kier alpha value is -0.570. The summed E-state index contributed by atoms with van der Waals surface area (Å²) in [5.41, 5.74) is 9.38. The molecular weight excluding hydrogens is 90.1 g/mol. The Morgan fingerprint density at radius 2 is 1.71 bits per heavy atom. The minimum Gasteiger partial charge on any atom is -0.388 e. The SMILES string of the molecule is CCC(=N)N.CN. The number of rotatable bonds is 1. The number of nitrogens with two attached hydrogens (primary N) is 2. The highest BCUT2D eigenvalue weighted by Gasteiger charge is 1.70. The summed E-state index contributed by atoms with van der Waals surface area (Å²) in [6.07, 6.45) is 0.667. The van der Waals surface area contributed by atoms with Gasteiger partial charge in [-0.1, -0.05) is 6.92 Å². The Bertz CT molecular complexity index is 42.2. The summed E-state index contributed by atoms with van der Waals surface area (Å²) in [5.74, 6) is 0.255. The van der Waals surface area contributed by atoms with Gasteiger partial charge in [-0.25, -0.2) is 0 Å². The van der Waals surface area contributed by atoms with Crippen LogP contribution in [0, 0.1) is 5.41 Å². The zero-order chi connectivity index (χ0) is 6.28. The maximum Gasteiger partial charge on any atom is 0.0902 e. The third kappa shape index (κ3) is 31.2. The average molecular weight is 103 g/mol. The molecule has 0 aliphatic heterocycles. The van der Waals surface area contributed by atoms with E-state index in [2.05, 4.69) is 5.73 Å². The first kappa shape index (κ1) is 9.66. The lowest BCUT2D eigenvalue weighted by Gasteiger charge is -1.79. The average Bonchev–Trinajstić information content (AvgIpc) is 1.73. The molecule has 0 radical (unpaired) electrons. The minimum atomic E-state index is 0.255. The van der Waals surface area contributed by atoms with E-state index in [1.165, 1.54) is 7.05 Å². The van der Waals surface area contributed by atoms with Gasteiger partial charge >= 0.3 is 0 Å². The molecule has 0 fully saturated rings. The molecule has 0 aromatic rings. The van der Waals surface area contributed by atoms with Gasteiger partial charge in [0.2, 0.25) is 0 Å². The fraction of sp³-hybridized carbons (Fsp3) is 0.750. The third-order valence-corrected chi connectivity index (χ3v) is 0.381. The Labute approximate surface area is 44.2 Å². The van der Waals surface area contributed by atoms with Gasteiger partial charge in [0.05, 0.1) is 5.84 Å². The highest BCUT2D eigenvalue weighted by molar-refractivity contribution is 5.76. The van der Waals surface area contributed by atoms with E-state index in [0.29, 0.717) is 6.42 Å². The molecule has 7 heavy (non-hydrogen) atoms. The van der Waals surface area contributed by atoms with Crippen molar-refractivity contribution >= 4 is 5.84 Å². The molecule has 3 nitrogen and oxygen atoms in total. The van der Waals surface area contributed by atoms with Crippen LogP contribution in [0.4, 0.5) is 0 Å². The summed E-state index contributed by atoms with van der Waals surface area (Å²) in [5, 5.41) is 6.52. The second kappa shape index (κ2) is 9.06. The first-order valence-electron chi connectivity index (χ1n) is 2.18. The molecule has 0 aromatic carbocycles. The van der Waals surface area contributed by atoms with E-state index >= 15 is 0 Å². The summed E-state index contributed by atoms with van der Waals surface area (Å²) in [6, 6.07) is 0. The molecule has 0 saturated heterocycles. The van der Waals surface area contributed by atoms with Crippen LogP contribution >= 0.6 is 0 Å². The second-order valence-corrected chi connectivity index (χ2v) is 0.879. The van der Waals surface area contributed by atoms with Gasteiger partial charge in [0.25, 0.3) is 0 Å². The molecule has 0 aliphatic rings. The van der Waals surface area contributed by atoms with Crippen LogP contribution in [0.5, 0.6) is 0 Å². The topological polar surface area (TPSA) is 75.9 Å². The van der Waals surface area contributed by atoms with Gasteiger partial charge in [-0.05, 0) is 7.05 Å². The van der Waals surface area contributed by atoms with Crippen molar-refractivity contribution in [3.63, 3.8) is 0 Å². The second-order valence-electron chi connectivity index (χ2n) is 0.879. The van der Waals surface area contributed by atoms with Gasteiger partial charge in [0, 0.05) is 6.42 Å². The van der Waals surface area contributed by atoms with Crippen LogP contribution in [0.3, 0.4) is 0 Å². The van der Waals surface area contributed by atoms with Crippen molar-refractivity contribution in [2.45, 2.75) is 13.3 Å². The lowest BCUT2D eigenvalue weighted by atomic mass is 10.5. The molecule has 0 aliphatic carbocycles. The molecule has 5 N–H and O–H groups in total. The van der Waals surface area contributed by atoms with Crippen LogP contribution in [0.15, 0.2) is 0 Å². The zero-order valence-corrected chi connectivity index (χ0v) is 4.86. The van der Waals surface area contributed by atoms with Gasteiger partial charge in [0.1, 0.15) is 0 Å². The van der Waals surface area contributed by atoms with E-state index in [9.17, 15) is 0 Å². The highest BCUT2D eigenvalue weighted by atomic mass is 14.7. The van der Waals surface area contributed by atoms with Crippen LogP contribution < -0.4 is 11.5 Å². The fourth-order valence-electron chi connectivity index (χ4n) is 0. The Morgan fingerprint density at radius 1 is 1.57 bits per heavy atom. The van der Waals surface area contributed by atoms with Crippen molar-refractivity contribution in [1.82, 2.24) is 0 Å². The summed E-state index contributed by atoms with van der Waals surface area (Å²) >= 11 is 0. The molecule has 0 heterocycles. The van der Waals surface area contributed by atoms with Crippen molar-refractivity contribution in [2.75, 3.05) is 7.05 Å². The predicted molar refractivity (Wildman–Crippen MR) is 32.3 cm³/mol. The Balaban J connectivity index is 0. The lowest BCUT2D eigenvalue weighted by Crippen LogP contribution is -2.05. The minimum absolute atomic E-state index is 0.255.